The molecule has 4 nitrogen and oxygen atoms in total. The zero-order chi connectivity index (χ0) is 14.5. The predicted molar refractivity (Wildman–Crippen MR) is 91.7 cm³/mol. The highest BCUT2D eigenvalue weighted by atomic mass is 35.5. The number of nitrogens with zero attached hydrogens (tertiary/aromatic N) is 1. The van der Waals surface area contributed by atoms with E-state index in [1.807, 2.05) is 31.3 Å². The number of aryl methyl sites for hydroxylation is 1. The molecule has 0 unspecified atom stereocenters. The van der Waals surface area contributed by atoms with Crippen molar-refractivity contribution >= 4 is 23.2 Å². The first-order valence-corrected chi connectivity index (χ1v) is 7.14. The molecule has 0 radical (unpaired) electrons. The van der Waals surface area contributed by atoms with Crippen LogP contribution >= 0.6 is 12.4 Å². The van der Waals surface area contributed by atoms with Crippen LogP contribution in [-0.4, -0.2) is 23.3 Å². The Balaban J connectivity index is 0.00000176. The van der Waals surface area contributed by atoms with Crippen LogP contribution in [-0.2, 0) is 6.54 Å². The van der Waals surface area contributed by atoms with Gasteiger partial charge in [0.05, 0.1) is 6.20 Å². The number of fused-ring (bicyclic) bond motifs is 1. The van der Waals surface area contributed by atoms with E-state index in [1.165, 1.54) is 16.3 Å². The third-order valence-electron chi connectivity index (χ3n) is 3.52. The number of benzene rings is 2. The largest absolute Gasteiger partial charge is 0.492 e. The number of hydrogen-bond acceptors (Lipinski definition) is 3. The van der Waals surface area contributed by atoms with E-state index < -0.39 is 0 Å². The van der Waals surface area contributed by atoms with E-state index in [0.717, 1.165) is 24.5 Å². The summed E-state index contributed by atoms with van der Waals surface area (Å²) in [5, 5.41) is 12.7. The monoisotopic (exact) mass is 317 g/mol. The van der Waals surface area contributed by atoms with Gasteiger partial charge in [-0.1, -0.05) is 30.3 Å². The van der Waals surface area contributed by atoms with Crippen LogP contribution in [0, 0.1) is 6.92 Å². The molecule has 0 bridgehead atoms. The lowest BCUT2D eigenvalue weighted by molar-refractivity contribution is 0.314. The van der Waals surface area contributed by atoms with Gasteiger partial charge in [0.2, 0.25) is 0 Å². The smallest absolute Gasteiger partial charge is 0.120 e. The number of rotatable bonds is 6. The Kier molecular flexibility index (Phi) is 5.81. The maximum Gasteiger partial charge on any atom is 0.120 e. The van der Waals surface area contributed by atoms with Crippen LogP contribution in [0.15, 0.2) is 48.7 Å². The molecule has 3 aromatic rings. The van der Waals surface area contributed by atoms with Crippen LogP contribution in [0.2, 0.25) is 0 Å². The molecule has 0 atom stereocenters. The van der Waals surface area contributed by atoms with Gasteiger partial charge in [-0.2, -0.15) is 5.10 Å². The van der Waals surface area contributed by atoms with Crippen molar-refractivity contribution in [2.24, 2.45) is 0 Å². The first-order chi connectivity index (χ1) is 10.3. The van der Waals surface area contributed by atoms with E-state index in [4.69, 9.17) is 4.74 Å². The summed E-state index contributed by atoms with van der Waals surface area (Å²) in [6, 6.07) is 14.5. The summed E-state index contributed by atoms with van der Waals surface area (Å²) in [7, 11) is 0. The van der Waals surface area contributed by atoms with Crippen molar-refractivity contribution in [3.05, 3.63) is 59.9 Å². The van der Waals surface area contributed by atoms with Gasteiger partial charge in [0.15, 0.2) is 0 Å². The first kappa shape index (κ1) is 16.3. The fourth-order valence-corrected chi connectivity index (χ4v) is 2.28. The van der Waals surface area contributed by atoms with Gasteiger partial charge < -0.3 is 10.1 Å². The Morgan fingerprint density at radius 3 is 2.73 bits per heavy atom. The molecule has 2 N–H and O–H groups in total. The Labute approximate surface area is 136 Å². The molecule has 0 saturated heterocycles. The van der Waals surface area contributed by atoms with Gasteiger partial charge in [-0.05, 0) is 29.8 Å². The number of halogens is 1. The number of nitrogens with one attached hydrogen (secondary N) is 2. The van der Waals surface area contributed by atoms with Crippen LogP contribution in [0.1, 0.15) is 11.3 Å². The van der Waals surface area contributed by atoms with Crippen LogP contribution in [0.5, 0.6) is 5.75 Å². The van der Waals surface area contributed by atoms with Gasteiger partial charge in [0, 0.05) is 24.3 Å². The van der Waals surface area contributed by atoms with E-state index in [9.17, 15) is 0 Å². The van der Waals surface area contributed by atoms with Crippen LogP contribution in [0.25, 0.3) is 10.8 Å². The summed E-state index contributed by atoms with van der Waals surface area (Å²) in [4.78, 5) is 0. The molecule has 22 heavy (non-hydrogen) atoms. The molecule has 1 aromatic heterocycles. The van der Waals surface area contributed by atoms with E-state index in [-0.39, 0.29) is 12.4 Å². The van der Waals surface area contributed by atoms with E-state index >= 15 is 0 Å². The molecule has 3 rings (SSSR count). The molecule has 0 aliphatic heterocycles. The normalized spacial score (nSPS) is 10.4. The predicted octanol–water partition coefficient (Wildman–Crippen LogP) is 3.46. The highest BCUT2D eigenvalue weighted by Gasteiger charge is 2.00. The van der Waals surface area contributed by atoms with Gasteiger partial charge in [-0.15, -0.1) is 12.4 Å². The van der Waals surface area contributed by atoms with E-state index in [2.05, 4.69) is 39.8 Å². The van der Waals surface area contributed by atoms with Gasteiger partial charge in [-0.3, -0.25) is 5.10 Å². The second kappa shape index (κ2) is 7.82. The lowest BCUT2D eigenvalue weighted by Crippen LogP contribution is -2.20. The molecule has 0 aliphatic carbocycles. The summed E-state index contributed by atoms with van der Waals surface area (Å²) in [5.41, 5.74) is 2.30. The van der Waals surface area contributed by atoms with Crippen LogP contribution < -0.4 is 10.1 Å². The van der Waals surface area contributed by atoms with Crippen molar-refractivity contribution in [3.8, 4) is 5.75 Å². The Morgan fingerprint density at radius 2 is 1.95 bits per heavy atom. The van der Waals surface area contributed by atoms with Crippen molar-refractivity contribution in [2.45, 2.75) is 13.5 Å². The van der Waals surface area contributed by atoms with Crippen molar-refractivity contribution in [3.63, 3.8) is 0 Å². The molecule has 0 aliphatic rings. The molecular formula is C17H20ClN3O. The molecule has 1 heterocycles. The second-order valence-electron chi connectivity index (χ2n) is 5.05. The number of hydrogen-bond donors (Lipinski definition) is 2. The maximum absolute atomic E-state index is 5.78. The highest BCUT2D eigenvalue weighted by Crippen LogP contribution is 2.20. The van der Waals surface area contributed by atoms with Crippen LogP contribution in [0.4, 0.5) is 0 Å². The van der Waals surface area contributed by atoms with Crippen molar-refractivity contribution in [1.29, 1.82) is 0 Å². The van der Waals surface area contributed by atoms with Gasteiger partial charge in [0.25, 0.3) is 0 Å². The molecular weight excluding hydrogens is 298 g/mol. The summed E-state index contributed by atoms with van der Waals surface area (Å²) in [5.74, 6) is 0.912. The fraction of sp³-hybridized carbons (Fsp3) is 0.235. The minimum Gasteiger partial charge on any atom is -0.492 e. The zero-order valence-electron chi connectivity index (χ0n) is 12.5. The third kappa shape index (κ3) is 4.00. The highest BCUT2D eigenvalue weighted by molar-refractivity contribution is 5.85. The topological polar surface area (TPSA) is 49.9 Å². The Hall–Kier alpha value is -2.04. The SMILES string of the molecule is Cc1[nH]ncc1CNCCOc1ccc2ccccc2c1.Cl. The first-order valence-electron chi connectivity index (χ1n) is 7.14. The second-order valence-corrected chi connectivity index (χ2v) is 5.05. The number of H-pyrrole nitrogens is 1. The Bertz CT molecular complexity index is 727. The number of ether oxygens (including phenoxy) is 1. The van der Waals surface area contributed by atoms with Gasteiger partial charge in [-0.25, -0.2) is 0 Å². The van der Waals surface area contributed by atoms with Crippen molar-refractivity contribution in [2.75, 3.05) is 13.2 Å². The van der Waals surface area contributed by atoms with E-state index in [0.29, 0.717) is 6.61 Å². The molecule has 5 heteroatoms. The molecule has 2 aromatic carbocycles. The van der Waals surface area contributed by atoms with Gasteiger partial charge in [0.1, 0.15) is 12.4 Å². The van der Waals surface area contributed by atoms with Crippen molar-refractivity contribution in [1.82, 2.24) is 15.5 Å². The van der Waals surface area contributed by atoms with Gasteiger partial charge >= 0.3 is 0 Å². The summed E-state index contributed by atoms with van der Waals surface area (Å²) in [6.07, 6.45) is 1.85. The molecule has 0 spiro atoms. The molecule has 116 valence electrons. The Morgan fingerprint density at radius 1 is 1.14 bits per heavy atom. The average Bonchev–Trinajstić information content (AvgIpc) is 2.92. The lowest BCUT2D eigenvalue weighted by atomic mass is 10.1. The summed E-state index contributed by atoms with van der Waals surface area (Å²) in [6.45, 7) is 4.28. The van der Waals surface area contributed by atoms with E-state index in [1.54, 1.807) is 0 Å². The maximum atomic E-state index is 5.78. The lowest BCUT2D eigenvalue weighted by Gasteiger charge is -2.08. The minimum absolute atomic E-state index is 0. The average molecular weight is 318 g/mol. The third-order valence-corrected chi connectivity index (χ3v) is 3.52. The fourth-order valence-electron chi connectivity index (χ4n) is 2.28. The van der Waals surface area contributed by atoms with Crippen LogP contribution in [0.3, 0.4) is 0 Å². The number of aromatic nitrogens is 2. The zero-order valence-corrected chi connectivity index (χ0v) is 13.3. The number of aromatic amines is 1. The van der Waals surface area contributed by atoms with Crippen molar-refractivity contribution < 1.29 is 4.74 Å². The quantitative estimate of drug-likeness (QED) is 0.685. The molecule has 0 saturated carbocycles. The molecule has 0 fully saturated rings. The summed E-state index contributed by atoms with van der Waals surface area (Å²) < 4.78 is 5.78. The molecule has 0 amide bonds. The minimum atomic E-state index is 0. The standard InChI is InChI=1S/C17H19N3O.ClH/c1-13-16(12-19-20-13)11-18-8-9-21-17-7-6-14-4-2-3-5-15(14)10-17;/h2-7,10,12,18H,8-9,11H2,1H3,(H,19,20);1H. The summed E-state index contributed by atoms with van der Waals surface area (Å²) >= 11 is 0.